The summed E-state index contributed by atoms with van der Waals surface area (Å²) < 4.78 is 5.46. The second-order valence-electron chi connectivity index (χ2n) is 4.46. The Labute approximate surface area is 108 Å². The molecule has 1 atom stereocenters. The summed E-state index contributed by atoms with van der Waals surface area (Å²) >= 11 is 6.31. The Bertz CT molecular complexity index is 417. The van der Waals surface area contributed by atoms with Crippen LogP contribution in [-0.4, -0.2) is 19.7 Å². The highest BCUT2D eigenvalue weighted by Crippen LogP contribution is 2.39. The van der Waals surface area contributed by atoms with Gasteiger partial charge in [0.1, 0.15) is 5.75 Å². The first kappa shape index (κ1) is 14.1. The first-order valence-corrected chi connectivity index (χ1v) is 6.10. The lowest BCUT2D eigenvalue weighted by molar-refractivity contribution is 0.412. The third-order valence-electron chi connectivity index (χ3n) is 2.97. The van der Waals surface area contributed by atoms with Crippen molar-refractivity contribution in [3.05, 3.63) is 21.7 Å². The van der Waals surface area contributed by atoms with E-state index in [4.69, 9.17) is 22.1 Å². The number of hydrogen-bond donors (Lipinski definition) is 2. The van der Waals surface area contributed by atoms with Gasteiger partial charge in [0, 0.05) is 17.6 Å². The molecule has 0 aliphatic rings. The lowest BCUT2D eigenvalue weighted by Gasteiger charge is -2.20. The lowest BCUT2D eigenvalue weighted by Crippen LogP contribution is -2.25. The predicted octanol–water partition coefficient (Wildman–Crippen LogP) is 3.03. The van der Waals surface area contributed by atoms with E-state index in [9.17, 15) is 0 Å². The fourth-order valence-corrected chi connectivity index (χ4v) is 2.05. The maximum Gasteiger partial charge on any atom is 0.145 e. The van der Waals surface area contributed by atoms with Gasteiger partial charge in [0.15, 0.2) is 0 Å². The maximum absolute atomic E-state index is 6.31. The van der Waals surface area contributed by atoms with Crippen LogP contribution in [0.1, 0.15) is 23.6 Å². The molecule has 1 aromatic rings. The molecule has 0 aromatic heterocycles. The Hall–Kier alpha value is -0.930. The molecule has 1 rings (SSSR count). The molecule has 0 heterocycles. The van der Waals surface area contributed by atoms with Gasteiger partial charge < -0.3 is 15.8 Å². The van der Waals surface area contributed by atoms with Gasteiger partial charge in [-0.1, -0.05) is 11.6 Å². The summed E-state index contributed by atoms with van der Waals surface area (Å²) in [5, 5.41) is 4.09. The number of ether oxygens (including phenoxy) is 1. The Balaban J connectivity index is 3.26. The van der Waals surface area contributed by atoms with Crippen molar-refractivity contribution in [3.8, 4) is 5.75 Å². The van der Waals surface area contributed by atoms with Gasteiger partial charge in [0.25, 0.3) is 0 Å². The third kappa shape index (κ3) is 2.85. The van der Waals surface area contributed by atoms with Gasteiger partial charge in [0.05, 0.1) is 12.8 Å². The molecule has 0 aliphatic heterocycles. The first-order chi connectivity index (χ1) is 7.90. The Morgan fingerprint density at radius 2 is 1.82 bits per heavy atom. The molecule has 96 valence electrons. The number of anilines is 1. The lowest BCUT2D eigenvalue weighted by atomic mass is 10.0. The van der Waals surface area contributed by atoms with Gasteiger partial charge in [0.2, 0.25) is 0 Å². The van der Waals surface area contributed by atoms with E-state index in [2.05, 4.69) is 5.32 Å². The van der Waals surface area contributed by atoms with Crippen LogP contribution in [-0.2, 0) is 0 Å². The zero-order chi connectivity index (χ0) is 13.2. The molecule has 0 fully saturated rings. The number of rotatable bonds is 4. The van der Waals surface area contributed by atoms with E-state index in [1.54, 1.807) is 7.11 Å². The van der Waals surface area contributed by atoms with Crippen molar-refractivity contribution in [2.45, 2.75) is 33.7 Å². The summed E-state index contributed by atoms with van der Waals surface area (Å²) in [6.07, 6.45) is 0. The number of nitrogens with two attached hydrogens (primary N) is 1. The Morgan fingerprint density at radius 3 is 2.29 bits per heavy atom. The zero-order valence-corrected chi connectivity index (χ0v) is 11.9. The Morgan fingerprint density at radius 1 is 1.24 bits per heavy atom. The van der Waals surface area contributed by atoms with Crippen LogP contribution in [0.5, 0.6) is 5.75 Å². The molecule has 0 saturated carbocycles. The van der Waals surface area contributed by atoms with E-state index in [1.807, 2.05) is 27.7 Å². The average molecular weight is 257 g/mol. The molecular formula is C13H21ClN2O. The normalized spacial score (nSPS) is 12.4. The van der Waals surface area contributed by atoms with Crippen LogP contribution in [0.3, 0.4) is 0 Å². The molecule has 3 nitrogen and oxygen atoms in total. The van der Waals surface area contributed by atoms with E-state index in [0.29, 0.717) is 6.54 Å². The SMILES string of the molecule is COc1c(C)c(C)c(Cl)c(C)c1NCC(C)N. The molecule has 0 radical (unpaired) electrons. The fourth-order valence-electron chi connectivity index (χ4n) is 1.81. The summed E-state index contributed by atoms with van der Waals surface area (Å²) in [7, 11) is 1.67. The minimum absolute atomic E-state index is 0.0829. The smallest absolute Gasteiger partial charge is 0.145 e. The number of methoxy groups -OCH3 is 1. The van der Waals surface area contributed by atoms with E-state index >= 15 is 0 Å². The van der Waals surface area contributed by atoms with Gasteiger partial charge in [-0.05, 0) is 44.4 Å². The van der Waals surface area contributed by atoms with Gasteiger partial charge in [-0.25, -0.2) is 0 Å². The van der Waals surface area contributed by atoms with Crippen molar-refractivity contribution in [1.82, 2.24) is 0 Å². The predicted molar refractivity (Wildman–Crippen MR) is 74.4 cm³/mol. The molecule has 0 spiro atoms. The summed E-state index contributed by atoms with van der Waals surface area (Å²) in [5.74, 6) is 0.852. The van der Waals surface area contributed by atoms with Crippen molar-refractivity contribution in [3.63, 3.8) is 0 Å². The number of halogens is 1. The number of nitrogens with one attached hydrogen (secondary N) is 1. The highest BCUT2D eigenvalue weighted by molar-refractivity contribution is 6.32. The van der Waals surface area contributed by atoms with Gasteiger partial charge >= 0.3 is 0 Å². The van der Waals surface area contributed by atoms with E-state index < -0.39 is 0 Å². The van der Waals surface area contributed by atoms with E-state index in [0.717, 1.165) is 33.1 Å². The zero-order valence-electron chi connectivity index (χ0n) is 11.1. The monoisotopic (exact) mass is 256 g/mol. The summed E-state index contributed by atoms with van der Waals surface area (Å²) in [6.45, 7) is 8.65. The van der Waals surface area contributed by atoms with Crippen molar-refractivity contribution < 1.29 is 4.74 Å². The summed E-state index contributed by atoms with van der Waals surface area (Å²) in [4.78, 5) is 0. The molecule has 0 bridgehead atoms. The molecule has 17 heavy (non-hydrogen) atoms. The first-order valence-electron chi connectivity index (χ1n) is 5.72. The van der Waals surface area contributed by atoms with Gasteiger partial charge in [-0.2, -0.15) is 0 Å². The third-order valence-corrected chi connectivity index (χ3v) is 3.54. The highest BCUT2D eigenvalue weighted by Gasteiger charge is 2.16. The Kier molecular flexibility index (Phi) is 4.66. The summed E-state index contributed by atoms with van der Waals surface area (Å²) in [5.41, 5.74) is 9.83. The molecule has 0 aliphatic carbocycles. The van der Waals surface area contributed by atoms with Gasteiger partial charge in [-0.15, -0.1) is 0 Å². The largest absolute Gasteiger partial charge is 0.494 e. The van der Waals surface area contributed by atoms with Crippen LogP contribution in [0.2, 0.25) is 5.02 Å². The van der Waals surface area contributed by atoms with Crippen LogP contribution < -0.4 is 15.8 Å². The standard InChI is InChI=1S/C13H21ClN2O/c1-7(15)6-16-12-10(4)11(14)8(2)9(3)13(12)17-5/h7,16H,6,15H2,1-5H3. The molecular weight excluding hydrogens is 236 g/mol. The van der Waals surface area contributed by atoms with E-state index in [-0.39, 0.29) is 6.04 Å². The van der Waals surface area contributed by atoms with Crippen LogP contribution >= 0.6 is 11.6 Å². The minimum atomic E-state index is 0.0829. The van der Waals surface area contributed by atoms with Crippen LogP contribution in [0.4, 0.5) is 5.69 Å². The molecule has 1 unspecified atom stereocenters. The molecule has 0 saturated heterocycles. The topological polar surface area (TPSA) is 47.3 Å². The molecule has 1 aromatic carbocycles. The molecule has 4 heteroatoms. The second-order valence-corrected chi connectivity index (χ2v) is 4.83. The van der Waals surface area contributed by atoms with Crippen molar-refractivity contribution in [2.75, 3.05) is 19.0 Å². The van der Waals surface area contributed by atoms with E-state index in [1.165, 1.54) is 0 Å². The van der Waals surface area contributed by atoms with Crippen molar-refractivity contribution >= 4 is 17.3 Å². The second kappa shape index (κ2) is 5.61. The van der Waals surface area contributed by atoms with Crippen molar-refractivity contribution in [1.29, 1.82) is 0 Å². The van der Waals surface area contributed by atoms with Crippen molar-refractivity contribution in [2.24, 2.45) is 5.73 Å². The van der Waals surface area contributed by atoms with Crippen LogP contribution in [0.25, 0.3) is 0 Å². The fraction of sp³-hybridized carbons (Fsp3) is 0.538. The van der Waals surface area contributed by atoms with Crippen LogP contribution in [0.15, 0.2) is 0 Å². The number of benzene rings is 1. The van der Waals surface area contributed by atoms with Gasteiger partial charge in [-0.3, -0.25) is 0 Å². The average Bonchev–Trinajstić information content (AvgIpc) is 2.29. The summed E-state index contributed by atoms with van der Waals surface area (Å²) in [6, 6.07) is 0.0829. The van der Waals surface area contributed by atoms with Crippen LogP contribution in [0, 0.1) is 20.8 Å². The molecule has 3 N–H and O–H groups in total. The number of hydrogen-bond acceptors (Lipinski definition) is 3. The maximum atomic E-state index is 6.31. The highest BCUT2D eigenvalue weighted by atomic mass is 35.5. The molecule has 0 amide bonds. The minimum Gasteiger partial charge on any atom is -0.494 e. The quantitative estimate of drug-likeness (QED) is 0.871.